The second-order valence-electron chi connectivity index (χ2n) is 11.9. The predicted molar refractivity (Wildman–Crippen MR) is 147 cm³/mol. The Balaban J connectivity index is 1.17. The van der Waals surface area contributed by atoms with Crippen LogP contribution < -0.4 is 10.2 Å². The number of benzene rings is 1. The van der Waals surface area contributed by atoms with E-state index in [0.29, 0.717) is 12.4 Å². The molecule has 208 valence electrons. The number of aryl methyl sites for hydroxylation is 2. The minimum atomic E-state index is -0.909. The molecule has 4 heterocycles. The topological polar surface area (TPSA) is 114 Å². The van der Waals surface area contributed by atoms with E-state index in [1.807, 2.05) is 13.2 Å². The number of carbonyl (C=O) groups is 1. The van der Waals surface area contributed by atoms with E-state index < -0.39 is 6.09 Å². The van der Waals surface area contributed by atoms with E-state index in [1.165, 1.54) is 23.4 Å². The standard InChI is InChI=1S/C29H33FN8O2/c1-18-22-16-37(26-21-15-31-36(2)25(21)32-24(33-26)19-3-5-20(30)6-4-19)14-7-23(22)38(35-18)17-28-8-11-29(12-9-28,13-10-28)34-27(39)40/h3-6,15,34H,7-14,16-17H2,1-2H3,(H,39,40). The number of nitrogens with one attached hydrogen (secondary N) is 1. The van der Waals surface area contributed by atoms with Gasteiger partial charge in [0.15, 0.2) is 11.5 Å². The Morgan fingerprint density at radius 2 is 1.82 bits per heavy atom. The van der Waals surface area contributed by atoms with Crippen LogP contribution in [0.15, 0.2) is 30.5 Å². The third-order valence-corrected chi connectivity index (χ3v) is 9.57. The summed E-state index contributed by atoms with van der Waals surface area (Å²) in [6.45, 7) is 4.47. The first kappa shape index (κ1) is 25.0. The Bertz CT molecular complexity index is 1600. The van der Waals surface area contributed by atoms with Crippen LogP contribution in [-0.2, 0) is 26.6 Å². The first-order valence-electron chi connectivity index (χ1n) is 14.0. The molecule has 0 saturated heterocycles. The lowest BCUT2D eigenvalue weighted by Gasteiger charge is -2.53. The number of aromatic nitrogens is 6. The second kappa shape index (κ2) is 9.00. The van der Waals surface area contributed by atoms with Crippen molar-refractivity contribution in [2.45, 2.75) is 70.5 Å². The molecule has 1 aliphatic heterocycles. The van der Waals surface area contributed by atoms with Gasteiger partial charge in [-0.2, -0.15) is 10.2 Å². The van der Waals surface area contributed by atoms with Gasteiger partial charge in [-0.1, -0.05) is 0 Å². The van der Waals surface area contributed by atoms with Gasteiger partial charge < -0.3 is 15.3 Å². The van der Waals surface area contributed by atoms with Crippen molar-refractivity contribution in [1.82, 2.24) is 34.8 Å². The van der Waals surface area contributed by atoms with Crippen LogP contribution in [0.3, 0.4) is 0 Å². The number of carboxylic acid groups (broad SMARTS) is 1. The average molecular weight is 545 g/mol. The molecule has 0 unspecified atom stereocenters. The smallest absolute Gasteiger partial charge is 0.405 e. The van der Waals surface area contributed by atoms with E-state index in [4.69, 9.17) is 15.1 Å². The minimum absolute atomic E-state index is 0.184. The number of rotatable bonds is 5. The van der Waals surface area contributed by atoms with Crippen molar-refractivity contribution in [1.29, 1.82) is 0 Å². The molecule has 3 fully saturated rings. The van der Waals surface area contributed by atoms with Gasteiger partial charge in [0, 0.05) is 55.5 Å². The number of halogens is 1. The van der Waals surface area contributed by atoms with E-state index in [-0.39, 0.29) is 16.8 Å². The maximum absolute atomic E-state index is 13.6. The van der Waals surface area contributed by atoms with Gasteiger partial charge >= 0.3 is 6.09 Å². The third-order valence-electron chi connectivity index (χ3n) is 9.57. The van der Waals surface area contributed by atoms with Crippen molar-refractivity contribution >= 4 is 22.9 Å². The highest BCUT2D eigenvalue weighted by Crippen LogP contribution is 2.53. The fourth-order valence-electron chi connectivity index (χ4n) is 7.18. The molecule has 10 nitrogen and oxygen atoms in total. The molecule has 0 atom stereocenters. The second-order valence-corrected chi connectivity index (χ2v) is 11.9. The lowest BCUT2D eigenvalue weighted by atomic mass is 9.57. The Hall–Kier alpha value is -4.02. The SMILES string of the molecule is Cc1nn(CC23CCC(NC(=O)O)(CC2)CC3)c2c1CN(c1nc(-c3ccc(F)cc3)nc3c1cnn3C)CC2. The highest BCUT2D eigenvalue weighted by atomic mass is 19.1. The van der Waals surface area contributed by atoms with Gasteiger partial charge in [0.1, 0.15) is 11.6 Å². The molecule has 3 aliphatic carbocycles. The number of nitrogens with zero attached hydrogens (tertiary/aromatic N) is 7. The molecule has 3 saturated carbocycles. The number of amides is 1. The molecule has 2 N–H and O–H groups in total. The molecule has 2 bridgehead atoms. The van der Waals surface area contributed by atoms with Crippen LogP contribution in [0.4, 0.5) is 15.0 Å². The Kier molecular flexibility index (Phi) is 5.62. The molecule has 1 aromatic carbocycles. The number of anilines is 1. The Morgan fingerprint density at radius 1 is 1.10 bits per heavy atom. The highest BCUT2D eigenvalue weighted by molar-refractivity contribution is 5.88. The molecule has 4 aliphatic rings. The summed E-state index contributed by atoms with van der Waals surface area (Å²) in [5.41, 5.74) is 5.03. The first-order valence-corrected chi connectivity index (χ1v) is 14.0. The largest absolute Gasteiger partial charge is 0.465 e. The molecule has 40 heavy (non-hydrogen) atoms. The lowest BCUT2D eigenvalue weighted by molar-refractivity contribution is 0.00945. The third kappa shape index (κ3) is 4.10. The van der Waals surface area contributed by atoms with Crippen molar-refractivity contribution in [3.05, 3.63) is 53.2 Å². The molecular formula is C29H33FN8O2. The number of hydrogen-bond acceptors (Lipinski definition) is 6. The fourth-order valence-corrected chi connectivity index (χ4v) is 7.18. The zero-order valence-corrected chi connectivity index (χ0v) is 22.8. The average Bonchev–Trinajstić information content (AvgIpc) is 3.47. The summed E-state index contributed by atoms with van der Waals surface area (Å²) in [4.78, 5) is 23.3. The molecule has 4 aromatic rings. The predicted octanol–water partition coefficient (Wildman–Crippen LogP) is 4.60. The van der Waals surface area contributed by atoms with Crippen molar-refractivity contribution in [3.63, 3.8) is 0 Å². The van der Waals surface area contributed by atoms with Gasteiger partial charge in [0.05, 0.1) is 17.3 Å². The Morgan fingerprint density at radius 3 is 2.52 bits per heavy atom. The highest BCUT2D eigenvalue weighted by Gasteiger charge is 2.50. The molecule has 0 spiro atoms. The summed E-state index contributed by atoms with van der Waals surface area (Å²) in [6, 6.07) is 6.27. The molecule has 3 aromatic heterocycles. The summed E-state index contributed by atoms with van der Waals surface area (Å²) in [6.07, 6.45) is 7.55. The van der Waals surface area contributed by atoms with Gasteiger partial charge in [0.2, 0.25) is 0 Å². The van der Waals surface area contributed by atoms with Crippen LogP contribution in [0.25, 0.3) is 22.4 Å². The maximum atomic E-state index is 13.6. The van der Waals surface area contributed by atoms with Crippen molar-refractivity contribution < 1.29 is 14.3 Å². The van der Waals surface area contributed by atoms with Gasteiger partial charge in [0.25, 0.3) is 0 Å². The lowest BCUT2D eigenvalue weighted by Crippen LogP contribution is -2.57. The molecule has 1 amide bonds. The van der Waals surface area contributed by atoms with Crippen LogP contribution in [0.1, 0.15) is 55.5 Å². The van der Waals surface area contributed by atoms with E-state index in [2.05, 4.69) is 26.9 Å². The maximum Gasteiger partial charge on any atom is 0.405 e. The zero-order chi connectivity index (χ0) is 27.6. The van der Waals surface area contributed by atoms with Gasteiger partial charge in [-0.05, 0) is 75.1 Å². The van der Waals surface area contributed by atoms with Gasteiger partial charge in [-0.3, -0.25) is 9.36 Å². The van der Waals surface area contributed by atoms with Crippen molar-refractivity contribution in [2.75, 3.05) is 11.4 Å². The van der Waals surface area contributed by atoms with E-state index in [1.54, 1.807) is 16.8 Å². The van der Waals surface area contributed by atoms with Crippen molar-refractivity contribution in [3.8, 4) is 11.4 Å². The monoisotopic (exact) mass is 544 g/mol. The Labute approximate surface area is 231 Å². The van der Waals surface area contributed by atoms with Crippen molar-refractivity contribution in [2.24, 2.45) is 12.5 Å². The van der Waals surface area contributed by atoms with Gasteiger partial charge in [-0.25, -0.2) is 19.2 Å². The molecular weight excluding hydrogens is 511 g/mol. The van der Waals surface area contributed by atoms with E-state index in [0.717, 1.165) is 86.1 Å². The minimum Gasteiger partial charge on any atom is -0.465 e. The molecule has 11 heteroatoms. The summed E-state index contributed by atoms with van der Waals surface area (Å²) < 4.78 is 17.6. The summed E-state index contributed by atoms with van der Waals surface area (Å²) >= 11 is 0. The fraction of sp³-hybridized carbons (Fsp3) is 0.483. The van der Waals surface area contributed by atoms with Crippen LogP contribution in [-0.4, -0.2) is 52.8 Å². The van der Waals surface area contributed by atoms with E-state index >= 15 is 0 Å². The number of hydrogen-bond donors (Lipinski definition) is 2. The van der Waals surface area contributed by atoms with Crippen LogP contribution in [0.5, 0.6) is 0 Å². The normalized spacial score (nSPS) is 23.9. The number of fused-ring (bicyclic) bond motifs is 5. The molecule has 0 radical (unpaired) electrons. The summed E-state index contributed by atoms with van der Waals surface area (Å²) in [5.74, 6) is 1.08. The van der Waals surface area contributed by atoms with Gasteiger partial charge in [-0.15, -0.1) is 0 Å². The van der Waals surface area contributed by atoms with Crippen LogP contribution in [0, 0.1) is 18.2 Å². The zero-order valence-electron chi connectivity index (χ0n) is 22.8. The van der Waals surface area contributed by atoms with Crippen LogP contribution in [0.2, 0.25) is 0 Å². The van der Waals surface area contributed by atoms with Crippen LogP contribution >= 0.6 is 0 Å². The summed E-state index contributed by atoms with van der Waals surface area (Å²) in [7, 11) is 1.87. The quantitative estimate of drug-likeness (QED) is 0.378. The van der Waals surface area contributed by atoms with E-state index in [9.17, 15) is 14.3 Å². The summed E-state index contributed by atoms with van der Waals surface area (Å²) in [5, 5.41) is 22.5. The molecule has 8 rings (SSSR count). The first-order chi connectivity index (χ1) is 19.2.